The van der Waals surface area contributed by atoms with Crippen molar-refractivity contribution >= 4 is 18.2 Å². The number of hydrogen-bond acceptors (Lipinski definition) is 6. The Balaban J connectivity index is 1.78. The molecule has 2 aliphatic rings. The van der Waals surface area contributed by atoms with Crippen LogP contribution in [0.4, 0.5) is 9.59 Å². The van der Waals surface area contributed by atoms with Crippen molar-refractivity contribution in [2.45, 2.75) is 89.9 Å². The van der Waals surface area contributed by atoms with E-state index in [1.165, 1.54) is 26.4 Å². The Morgan fingerprint density at radius 2 is 1.66 bits per heavy atom. The highest BCUT2D eigenvalue weighted by Gasteiger charge is 2.31. The van der Waals surface area contributed by atoms with Gasteiger partial charge in [0, 0.05) is 25.9 Å². The molecule has 2 amide bonds. The van der Waals surface area contributed by atoms with Crippen molar-refractivity contribution < 1.29 is 28.6 Å². The molecule has 0 aromatic rings. The summed E-state index contributed by atoms with van der Waals surface area (Å²) in [6.07, 6.45) is 6.14. The minimum Gasteiger partial charge on any atom is -0.467 e. The van der Waals surface area contributed by atoms with Crippen LogP contribution in [-0.4, -0.2) is 61.0 Å². The van der Waals surface area contributed by atoms with E-state index in [1.807, 2.05) is 20.8 Å². The molecule has 8 heteroatoms. The Labute approximate surface area is 173 Å². The molecule has 29 heavy (non-hydrogen) atoms. The van der Waals surface area contributed by atoms with E-state index in [-0.39, 0.29) is 12.2 Å². The molecule has 0 bridgehead atoms. The first kappa shape index (κ1) is 23.3. The van der Waals surface area contributed by atoms with E-state index in [0.717, 1.165) is 12.8 Å². The van der Waals surface area contributed by atoms with Gasteiger partial charge in [0.05, 0.1) is 7.11 Å². The van der Waals surface area contributed by atoms with Crippen LogP contribution in [-0.2, 0) is 19.0 Å². The van der Waals surface area contributed by atoms with Gasteiger partial charge in [-0.1, -0.05) is 32.1 Å². The Hall–Kier alpha value is -1.99. The number of nitrogens with zero attached hydrogens (tertiary/aromatic N) is 1. The van der Waals surface area contributed by atoms with E-state index in [9.17, 15) is 14.4 Å². The molecular formula is C21H36N2O6. The summed E-state index contributed by atoms with van der Waals surface area (Å²) >= 11 is 0. The highest BCUT2D eigenvalue weighted by Crippen LogP contribution is 2.27. The third-order valence-electron chi connectivity index (χ3n) is 5.44. The van der Waals surface area contributed by atoms with Gasteiger partial charge in [-0.3, -0.25) is 0 Å². The Morgan fingerprint density at radius 1 is 1.03 bits per heavy atom. The predicted octanol–water partition coefficient (Wildman–Crippen LogP) is 3.62. The summed E-state index contributed by atoms with van der Waals surface area (Å²) in [5.41, 5.74) is -0.536. The summed E-state index contributed by atoms with van der Waals surface area (Å²) in [4.78, 5) is 38.2. The van der Waals surface area contributed by atoms with Crippen molar-refractivity contribution in [2.24, 2.45) is 5.92 Å². The highest BCUT2D eigenvalue weighted by molar-refractivity contribution is 5.81. The number of ether oxygens (including phenoxy) is 3. The second-order valence-electron chi connectivity index (χ2n) is 9.03. The van der Waals surface area contributed by atoms with Crippen LogP contribution in [0.1, 0.15) is 72.1 Å². The van der Waals surface area contributed by atoms with Crippen molar-refractivity contribution in [3.63, 3.8) is 0 Å². The molecule has 1 saturated heterocycles. The highest BCUT2D eigenvalue weighted by atomic mass is 16.6. The summed E-state index contributed by atoms with van der Waals surface area (Å²) in [5.74, 6) is -0.0162. The number of hydrogen-bond donors (Lipinski definition) is 1. The van der Waals surface area contributed by atoms with Gasteiger partial charge in [0.2, 0.25) is 0 Å². The van der Waals surface area contributed by atoms with Gasteiger partial charge in [0.15, 0.2) is 0 Å². The molecular weight excluding hydrogens is 376 g/mol. The van der Waals surface area contributed by atoms with Crippen molar-refractivity contribution in [1.82, 2.24) is 10.2 Å². The quantitative estimate of drug-likeness (QED) is 0.547. The van der Waals surface area contributed by atoms with E-state index in [2.05, 4.69) is 5.32 Å². The SMILES string of the molecule is COC(=O)C(CC1CCCCC1)NC(=O)OC1CCN(C(=O)OC(C)(C)C)CC1. The number of methoxy groups -OCH3 is 1. The van der Waals surface area contributed by atoms with E-state index in [1.54, 1.807) is 4.90 Å². The summed E-state index contributed by atoms with van der Waals surface area (Å²) < 4.78 is 15.7. The maximum atomic E-state index is 12.3. The van der Waals surface area contributed by atoms with E-state index in [0.29, 0.717) is 38.3 Å². The number of amides is 2. The molecule has 1 N–H and O–H groups in total. The van der Waals surface area contributed by atoms with Crippen molar-refractivity contribution in [3.8, 4) is 0 Å². The largest absolute Gasteiger partial charge is 0.467 e. The molecule has 2 rings (SSSR count). The van der Waals surface area contributed by atoms with Crippen LogP contribution in [0.5, 0.6) is 0 Å². The zero-order valence-corrected chi connectivity index (χ0v) is 18.2. The molecule has 1 saturated carbocycles. The summed E-state index contributed by atoms with van der Waals surface area (Å²) in [5, 5.41) is 2.69. The van der Waals surface area contributed by atoms with E-state index >= 15 is 0 Å². The first-order valence-corrected chi connectivity index (χ1v) is 10.7. The topological polar surface area (TPSA) is 94.2 Å². The molecule has 1 aliphatic heterocycles. The Bertz CT molecular complexity index is 560. The number of carbonyl (C=O) groups excluding carboxylic acids is 3. The summed E-state index contributed by atoms with van der Waals surface area (Å²) in [6, 6.07) is -0.683. The average Bonchev–Trinajstić information content (AvgIpc) is 2.67. The Morgan fingerprint density at radius 3 is 2.21 bits per heavy atom. The smallest absolute Gasteiger partial charge is 0.410 e. The second-order valence-corrected chi connectivity index (χ2v) is 9.03. The fourth-order valence-electron chi connectivity index (χ4n) is 3.92. The number of alkyl carbamates (subject to hydrolysis) is 1. The van der Waals surface area contributed by atoms with Crippen LogP contribution in [0.15, 0.2) is 0 Å². The Kier molecular flexibility index (Phi) is 8.59. The number of rotatable bonds is 5. The number of esters is 1. The number of nitrogens with one attached hydrogen (secondary N) is 1. The van der Waals surface area contributed by atoms with Crippen LogP contribution >= 0.6 is 0 Å². The van der Waals surface area contributed by atoms with Gasteiger partial charge in [-0.15, -0.1) is 0 Å². The van der Waals surface area contributed by atoms with Gasteiger partial charge in [0.1, 0.15) is 17.7 Å². The van der Waals surface area contributed by atoms with Crippen molar-refractivity contribution in [1.29, 1.82) is 0 Å². The molecule has 1 aliphatic carbocycles. The average molecular weight is 413 g/mol. The second kappa shape index (κ2) is 10.7. The third-order valence-corrected chi connectivity index (χ3v) is 5.44. The number of piperidine rings is 1. The molecule has 8 nitrogen and oxygen atoms in total. The fourth-order valence-corrected chi connectivity index (χ4v) is 3.92. The monoisotopic (exact) mass is 412 g/mol. The lowest BCUT2D eigenvalue weighted by Crippen LogP contribution is -2.47. The number of carbonyl (C=O) groups is 3. The van der Waals surface area contributed by atoms with Crippen molar-refractivity contribution in [2.75, 3.05) is 20.2 Å². The first-order valence-electron chi connectivity index (χ1n) is 10.7. The lowest BCUT2D eigenvalue weighted by molar-refractivity contribution is -0.143. The molecule has 166 valence electrons. The maximum Gasteiger partial charge on any atom is 0.410 e. The zero-order valence-electron chi connectivity index (χ0n) is 18.2. The maximum absolute atomic E-state index is 12.3. The van der Waals surface area contributed by atoms with Crippen LogP contribution in [0.3, 0.4) is 0 Å². The van der Waals surface area contributed by atoms with Crippen molar-refractivity contribution in [3.05, 3.63) is 0 Å². The molecule has 0 radical (unpaired) electrons. The minimum absolute atomic E-state index is 0.290. The van der Waals surface area contributed by atoms with Gasteiger partial charge in [-0.05, 0) is 33.1 Å². The van der Waals surface area contributed by atoms with Gasteiger partial charge in [0.25, 0.3) is 0 Å². The fraction of sp³-hybridized carbons (Fsp3) is 0.857. The van der Waals surface area contributed by atoms with Crippen LogP contribution in [0, 0.1) is 5.92 Å². The van der Waals surface area contributed by atoms with Gasteiger partial charge in [-0.25, -0.2) is 14.4 Å². The molecule has 0 spiro atoms. The van der Waals surface area contributed by atoms with Gasteiger partial charge in [-0.2, -0.15) is 0 Å². The normalized spacial score (nSPS) is 19.9. The minimum atomic E-state index is -0.683. The molecule has 0 aromatic heterocycles. The number of likely N-dealkylation sites (tertiary alicyclic amines) is 1. The molecule has 1 unspecified atom stereocenters. The zero-order chi connectivity index (χ0) is 21.4. The van der Waals surface area contributed by atoms with Crippen LogP contribution in [0.25, 0.3) is 0 Å². The first-order chi connectivity index (χ1) is 13.7. The van der Waals surface area contributed by atoms with Crippen LogP contribution in [0.2, 0.25) is 0 Å². The third kappa shape index (κ3) is 8.11. The predicted molar refractivity (Wildman–Crippen MR) is 107 cm³/mol. The van der Waals surface area contributed by atoms with E-state index < -0.39 is 23.7 Å². The lowest BCUT2D eigenvalue weighted by Gasteiger charge is -2.33. The molecule has 0 aromatic carbocycles. The van der Waals surface area contributed by atoms with Crippen LogP contribution < -0.4 is 5.32 Å². The molecule has 1 atom stereocenters. The summed E-state index contributed by atoms with van der Waals surface area (Å²) in [6.45, 7) is 6.42. The molecule has 2 fully saturated rings. The lowest BCUT2D eigenvalue weighted by atomic mass is 9.85. The van der Waals surface area contributed by atoms with Gasteiger partial charge < -0.3 is 24.4 Å². The van der Waals surface area contributed by atoms with Gasteiger partial charge >= 0.3 is 18.2 Å². The summed E-state index contributed by atoms with van der Waals surface area (Å²) in [7, 11) is 1.33. The van der Waals surface area contributed by atoms with E-state index in [4.69, 9.17) is 14.2 Å². The molecule has 1 heterocycles. The standard InChI is InChI=1S/C21H36N2O6/c1-21(2,3)29-20(26)23-12-10-16(11-13-23)28-19(25)22-17(18(24)27-4)14-15-8-6-5-7-9-15/h15-17H,5-14H2,1-4H3,(H,22,25).